The maximum absolute atomic E-state index is 13.2. The number of benzene rings is 3. The van der Waals surface area contributed by atoms with Crippen molar-refractivity contribution in [2.45, 2.75) is 25.6 Å². The molecule has 0 aliphatic carbocycles. The Kier molecular flexibility index (Phi) is 5.76. The van der Waals surface area contributed by atoms with Gasteiger partial charge in [0, 0.05) is 26.1 Å². The SMILES string of the molecule is O=C(NCc1ccccc1)[C@H](Cc1ccccc1)NC(=O)N1CCn2c1nc1ccccc12. The Balaban J connectivity index is 1.33. The number of urea groups is 1. The molecule has 166 valence electrons. The van der Waals surface area contributed by atoms with Gasteiger partial charge in [0.2, 0.25) is 11.9 Å². The number of carbonyl (C=O) groups is 2. The lowest BCUT2D eigenvalue weighted by Crippen LogP contribution is -2.52. The van der Waals surface area contributed by atoms with Crippen LogP contribution >= 0.6 is 0 Å². The third kappa shape index (κ3) is 4.43. The number of carbonyl (C=O) groups excluding carboxylic acids is 2. The molecular weight excluding hydrogens is 414 g/mol. The maximum atomic E-state index is 13.2. The van der Waals surface area contributed by atoms with Gasteiger partial charge < -0.3 is 15.2 Å². The zero-order valence-corrected chi connectivity index (χ0v) is 18.1. The van der Waals surface area contributed by atoms with E-state index in [1.807, 2.05) is 89.5 Å². The summed E-state index contributed by atoms with van der Waals surface area (Å²) < 4.78 is 2.04. The van der Waals surface area contributed by atoms with Gasteiger partial charge in [-0.05, 0) is 23.3 Å². The van der Waals surface area contributed by atoms with Gasteiger partial charge in [-0.25, -0.2) is 9.78 Å². The molecule has 2 heterocycles. The zero-order chi connectivity index (χ0) is 22.6. The molecule has 2 N–H and O–H groups in total. The van der Waals surface area contributed by atoms with Gasteiger partial charge in [-0.2, -0.15) is 0 Å². The first kappa shape index (κ1) is 20.8. The van der Waals surface area contributed by atoms with Gasteiger partial charge in [-0.1, -0.05) is 72.8 Å². The van der Waals surface area contributed by atoms with Crippen molar-refractivity contribution in [3.05, 3.63) is 96.1 Å². The van der Waals surface area contributed by atoms with Crippen LogP contribution in [0.25, 0.3) is 11.0 Å². The molecule has 0 fully saturated rings. The minimum absolute atomic E-state index is 0.219. The van der Waals surface area contributed by atoms with E-state index in [9.17, 15) is 9.59 Å². The summed E-state index contributed by atoms with van der Waals surface area (Å²) in [5.41, 5.74) is 3.84. The number of fused-ring (bicyclic) bond motifs is 3. The number of rotatable bonds is 6. The number of para-hydroxylation sites is 2. The number of aromatic nitrogens is 2. The largest absolute Gasteiger partial charge is 0.350 e. The van der Waals surface area contributed by atoms with Crippen LogP contribution in [0.2, 0.25) is 0 Å². The van der Waals surface area contributed by atoms with E-state index in [4.69, 9.17) is 0 Å². The fourth-order valence-corrected chi connectivity index (χ4v) is 4.18. The minimum atomic E-state index is -0.706. The lowest BCUT2D eigenvalue weighted by atomic mass is 10.1. The summed E-state index contributed by atoms with van der Waals surface area (Å²) in [6.07, 6.45) is 0.400. The number of hydrogen-bond donors (Lipinski definition) is 2. The van der Waals surface area contributed by atoms with E-state index in [2.05, 4.69) is 15.6 Å². The molecule has 3 aromatic carbocycles. The van der Waals surface area contributed by atoms with Crippen molar-refractivity contribution in [1.82, 2.24) is 20.2 Å². The standard InChI is InChI=1S/C26H25N5O2/c32-24(27-18-20-11-5-2-6-12-20)22(17-19-9-3-1-4-10-19)29-26(33)31-16-15-30-23-14-8-7-13-21(23)28-25(30)31/h1-14,22H,15-18H2,(H,27,32)(H,29,33)/t22-/m0/s1. The molecule has 1 aliphatic heterocycles. The summed E-state index contributed by atoms with van der Waals surface area (Å²) in [4.78, 5) is 32.6. The molecule has 0 spiro atoms. The Morgan fingerprint density at radius 1 is 0.848 bits per heavy atom. The molecule has 0 bridgehead atoms. The van der Waals surface area contributed by atoms with Crippen molar-refractivity contribution in [3.8, 4) is 0 Å². The van der Waals surface area contributed by atoms with E-state index in [0.29, 0.717) is 32.0 Å². The summed E-state index contributed by atoms with van der Waals surface area (Å²) in [5, 5.41) is 5.91. The predicted octanol–water partition coefficient (Wildman–Crippen LogP) is 3.49. The molecule has 3 amide bonds. The molecule has 1 aliphatic rings. The van der Waals surface area contributed by atoms with Gasteiger partial charge in [0.25, 0.3) is 0 Å². The maximum Gasteiger partial charge on any atom is 0.324 e. The first-order valence-electron chi connectivity index (χ1n) is 11.1. The normalized spacial score (nSPS) is 13.5. The van der Waals surface area contributed by atoms with E-state index in [1.54, 1.807) is 4.90 Å². The van der Waals surface area contributed by atoms with Crippen LogP contribution in [0.5, 0.6) is 0 Å². The molecule has 1 atom stereocenters. The fraction of sp³-hybridized carbons (Fsp3) is 0.192. The van der Waals surface area contributed by atoms with Gasteiger partial charge in [0.05, 0.1) is 11.0 Å². The highest BCUT2D eigenvalue weighted by Gasteiger charge is 2.31. The lowest BCUT2D eigenvalue weighted by Gasteiger charge is -2.22. The van der Waals surface area contributed by atoms with E-state index in [-0.39, 0.29) is 11.9 Å². The number of hydrogen-bond acceptors (Lipinski definition) is 3. The van der Waals surface area contributed by atoms with Crippen LogP contribution in [0.1, 0.15) is 11.1 Å². The molecule has 7 heteroatoms. The molecule has 7 nitrogen and oxygen atoms in total. The van der Waals surface area contributed by atoms with Crippen LogP contribution in [0.15, 0.2) is 84.9 Å². The van der Waals surface area contributed by atoms with E-state index >= 15 is 0 Å². The Morgan fingerprint density at radius 3 is 2.27 bits per heavy atom. The quantitative estimate of drug-likeness (QED) is 0.483. The Hall–Kier alpha value is -4.13. The molecule has 0 unspecified atom stereocenters. The number of nitrogens with one attached hydrogen (secondary N) is 2. The highest BCUT2D eigenvalue weighted by Crippen LogP contribution is 2.27. The summed E-state index contributed by atoms with van der Waals surface area (Å²) in [6.45, 7) is 1.59. The van der Waals surface area contributed by atoms with Crippen molar-refractivity contribution in [1.29, 1.82) is 0 Å². The Labute approximate surface area is 192 Å². The van der Waals surface area contributed by atoms with Crippen LogP contribution in [-0.4, -0.2) is 34.1 Å². The van der Waals surface area contributed by atoms with Gasteiger partial charge in [-0.15, -0.1) is 0 Å². The highest BCUT2D eigenvalue weighted by atomic mass is 16.2. The van der Waals surface area contributed by atoms with Gasteiger partial charge in [0.1, 0.15) is 6.04 Å². The third-order valence-electron chi connectivity index (χ3n) is 5.87. The molecule has 0 saturated carbocycles. The second-order valence-electron chi connectivity index (χ2n) is 8.10. The topological polar surface area (TPSA) is 79.3 Å². The molecular formula is C26H25N5O2. The van der Waals surface area contributed by atoms with Crippen LogP contribution in [0, 0.1) is 0 Å². The van der Waals surface area contributed by atoms with Gasteiger partial charge in [0.15, 0.2) is 0 Å². The molecule has 1 aromatic heterocycles. The monoisotopic (exact) mass is 439 g/mol. The van der Waals surface area contributed by atoms with Crippen molar-refractivity contribution < 1.29 is 9.59 Å². The summed E-state index contributed by atoms with van der Waals surface area (Å²) in [6, 6.07) is 26.2. The van der Waals surface area contributed by atoms with Gasteiger partial charge >= 0.3 is 6.03 Å². The van der Waals surface area contributed by atoms with Crippen LogP contribution in [-0.2, 0) is 24.3 Å². The van der Waals surface area contributed by atoms with Gasteiger partial charge in [-0.3, -0.25) is 9.69 Å². The molecule has 0 radical (unpaired) electrons. The lowest BCUT2D eigenvalue weighted by molar-refractivity contribution is -0.123. The molecule has 33 heavy (non-hydrogen) atoms. The van der Waals surface area contributed by atoms with Crippen LogP contribution in [0.4, 0.5) is 10.7 Å². The summed E-state index contributed by atoms with van der Waals surface area (Å²) in [7, 11) is 0. The first-order valence-corrected chi connectivity index (χ1v) is 11.1. The third-order valence-corrected chi connectivity index (χ3v) is 5.87. The van der Waals surface area contributed by atoms with Crippen molar-refractivity contribution >= 4 is 28.9 Å². The zero-order valence-electron chi connectivity index (χ0n) is 18.1. The number of amides is 3. The number of anilines is 1. The second kappa shape index (κ2) is 9.16. The molecule has 5 rings (SSSR count). The number of nitrogens with zero attached hydrogens (tertiary/aromatic N) is 3. The summed E-state index contributed by atoms with van der Waals surface area (Å²) in [5.74, 6) is 0.389. The average Bonchev–Trinajstić information content (AvgIpc) is 3.43. The van der Waals surface area contributed by atoms with E-state index in [1.165, 1.54) is 0 Å². The predicted molar refractivity (Wildman–Crippen MR) is 128 cm³/mol. The Bertz CT molecular complexity index is 1270. The van der Waals surface area contributed by atoms with Crippen LogP contribution < -0.4 is 15.5 Å². The molecule has 4 aromatic rings. The second-order valence-corrected chi connectivity index (χ2v) is 8.10. The highest BCUT2D eigenvalue weighted by molar-refractivity contribution is 5.96. The van der Waals surface area contributed by atoms with E-state index < -0.39 is 6.04 Å². The van der Waals surface area contributed by atoms with Crippen molar-refractivity contribution in [3.63, 3.8) is 0 Å². The van der Waals surface area contributed by atoms with E-state index in [0.717, 1.165) is 22.2 Å². The van der Waals surface area contributed by atoms with Crippen molar-refractivity contribution in [2.75, 3.05) is 11.4 Å². The summed E-state index contributed by atoms with van der Waals surface area (Å²) >= 11 is 0. The smallest absolute Gasteiger partial charge is 0.324 e. The number of imidazole rings is 1. The first-order chi connectivity index (χ1) is 16.2. The Morgan fingerprint density at radius 2 is 1.52 bits per heavy atom. The molecule has 0 saturated heterocycles. The fourth-order valence-electron chi connectivity index (χ4n) is 4.18. The average molecular weight is 440 g/mol. The minimum Gasteiger partial charge on any atom is -0.350 e. The van der Waals surface area contributed by atoms with Crippen LogP contribution in [0.3, 0.4) is 0 Å². The van der Waals surface area contributed by atoms with Crippen molar-refractivity contribution in [2.24, 2.45) is 0 Å².